The third-order valence-electron chi connectivity index (χ3n) is 4.60. The van der Waals surface area contributed by atoms with E-state index in [1.807, 2.05) is 6.92 Å². The fourth-order valence-corrected chi connectivity index (χ4v) is 3.38. The lowest BCUT2D eigenvalue weighted by Gasteiger charge is -2.54. The van der Waals surface area contributed by atoms with Crippen LogP contribution in [-0.4, -0.2) is 23.7 Å². The third kappa shape index (κ3) is 3.06. The lowest BCUT2D eigenvalue weighted by Crippen LogP contribution is -2.59. The second kappa shape index (κ2) is 6.32. The van der Waals surface area contributed by atoms with Crippen LogP contribution >= 0.6 is 15.9 Å². The molecular formula is C15H21BrN2O3. The Morgan fingerprint density at radius 1 is 1.52 bits per heavy atom. The minimum atomic E-state index is -0.390. The first-order valence-corrected chi connectivity index (χ1v) is 8.03. The van der Waals surface area contributed by atoms with E-state index in [-0.39, 0.29) is 22.1 Å². The summed E-state index contributed by atoms with van der Waals surface area (Å²) in [6, 6.07) is 5.13. The highest BCUT2D eigenvalue weighted by atomic mass is 79.9. The van der Waals surface area contributed by atoms with E-state index < -0.39 is 0 Å². The molecule has 1 aliphatic carbocycles. The van der Waals surface area contributed by atoms with E-state index in [1.165, 1.54) is 12.1 Å². The molecule has 5 nitrogen and oxygen atoms in total. The molecule has 6 heteroatoms. The van der Waals surface area contributed by atoms with Gasteiger partial charge in [-0.1, -0.05) is 13.8 Å². The highest BCUT2D eigenvalue weighted by Gasteiger charge is 2.51. The maximum absolute atomic E-state index is 10.8. The molecule has 21 heavy (non-hydrogen) atoms. The van der Waals surface area contributed by atoms with Crippen molar-refractivity contribution in [3.05, 3.63) is 32.8 Å². The molecule has 0 aromatic heterocycles. The predicted octanol–water partition coefficient (Wildman–Crippen LogP) is 4.36. The van der Waals surface area contributed by atoms with Crippen LogP contribution in [0.2, 0.25) is 0 Å². The highest BCUT2D eigenvalue weighted by Crippen LogP contribution is 2.47. The second-order valence-corrected chi connectivity index (χ2v) is 6.51. The topological polar surface area (TPSA) is 64.4 Å². The van der Waals surface area contributed by atoms with Gasteiger partial charge in [0.25, 0.3) is 5.69 Å². The molecule has 0 saturated heterocycles. The van der Waals surface area contributed by atoms with Gasteiger partial charge in [0.05, 0.1) is 11.0 Å². The number of benzene rings is 1. The number of hydrogen-bond donors (Lipinski definition) is 1. The molecule has 0 spiro atoms. The van der Waals surface area contributed by atoms with Gasteiger partial charge in [0, 0.05) is 40.4 Å². The normalized spacial score (nSPS) is 28.0. The molecule has 3 atom stereocenters. The Morgan fingerprint density at radius 2 is 2.24 bits per heavy atom. The van der Waals surface area contributed by atoms with Crippen molar-refractivity contribution in [1.29, 1.82) is 0 Å². The zero-order valence-corrected chi connectivity index (χ0v) is 14.1. The Hall–Kier alpha value is -1.14. The lowest BCUT2D eigenvalue weighted by molar-refractivity contribution is -0.384. The first-order chi connectivity index (χ1) is 9.92. The first kappa shape index (κ1) is 16.2. The molecule has 0 bridgehead atoms. The molecule has 116 valence electrons. The number of non-ortho nitro benzene ring substituents is 1. The third-order valence-corrected chi connectivity index (χ3v) is 5.26. The monoisotopic (exact) mass is 356 g/mol. The van der Waals surface area contributed by atoms with Crippen molar-refractivity contribution in [1.82, 2.24) is 0 Å². The highest BCUT2D eigenvalue weighted by molar-refractivity contribution is 9.10. The van der Waals surface area contributed by atoms with Gasteiger partial charge >= 0.3 is 0 Å². The molecule has 0 radical (unpaired) electrons. The summed E-state index contributed by atoms with van der Waals surface area (Å²) >= 11 is 3.40. The number of ether oxygens (including phenoxy) is 1. The van der Waals surface area contributed by atoms with Crippen molar-refractivity contribution in [2.45, 2.75) is 45.8 Å². The summed E-state index contributed by atoms with van der Waals surface area (Å²) in [5.41, 5.74) is 1.07. The van der Waals surface area contributed by atoms with E-state index in [2.05, 4.69) is 35.1 Å². The molecule has 0 amide bonds. The molecule has 0 heterocycles. The average Bonchev–Trinajstić information content (AvgIpc) is 2.46. The maximum Gasteiger partial charge on any atom is 0.270 e. The van der Waals surface area contributed by atoms with Gasteiger partial charge in [-0.15, -0.1) is 0 Å². The van der Waals surface area contributed by atoms with Crippen LogP contribution in [0.4, 0.5) is 11.4 Å². The average molecular weight is 357 g/mol. The number of anilines is 1. The van der Waals surface area contributed by atoms with Crippen LogP contribution in [0, 0.1) is 15.5 Å². The van der Waals surface area contributed by atoms with E-state index >= 15 is 0 Å². The molecular weight excluding hydrogens is 336 g/mol. The number of nitro groups is 1. The van der Waals surface area contributed by atoms with Gasteiger partial charge in [-0.05, 0) is 41.8 Å². The molecule has 1 aromatic carbocycles. The lowest BCUT2D eigenvalue weighted by atomic mass is 9.61. The van der Waals surface area contributed by atoms with Crippen LogP contribution in [0.25, 0.3) is 0 Å². The predicted molar refractivity (Wildman–Crippen MR) is 86.6 cm³/mol. The number of rotatable bonds is 6. The van der Waals surface area contributed by atoms with Gasteiger partial charge in [0.15, 0.2) is 0 Å². The van der Waals surface area contributed by atoms with Crippen LogP contribution in [0.1, 0.15) is 33.6 Å². The largest absolute Gasteiger partial charge is 0.381 e. The van der Waals surface area contributed by atoms with Crippen molar-refractivity contribution in [2.24, 2.45) is 5.41 Å². The molecule has 1 aromatic rings. The second-order valence-electron chi connectivity index (χ2n) is 5.66. The molecule has 3 unspecified atom stereocenters. The van der Waals surface area contributed by atoms with Crippen LogP contribution in [0.15, 0.2) is 22.7 Å². The standard InChI is InChI=1S/C15H21BrN2O3/c1-4-15(3)13(9-14(15)21-5-2)17-12-7-6-10(18(19)20)8-11(12)16/h6-8,13-14,17H,4-5,9H2,1-3H3. The summed E-state index contributed by atoms with van der Waals surface area (Å²) in [7, 11) is 0. The van der Waals surface area contributed by atoms with E-state index in [0.29, 0.717) is 6.04 Å². The summed E-state index contributed by atoms with van der Waals surface area (Å²) in [5.74, 6) is 0. The summed E-state index contributed by atoms with van der Waals surface area (Å²) in [6.07, 6.45) is 2.27. The van der Waals surface area contributed by atoms with Crippen molar-refractivity contribution in [2.75, 3.05) is 11.9 Å². The number of nitrogens with zero attached hydrogens (tertiary/aromatic N) is 1. The number of hydrogen-bond acceptors (Lipinski definition) is 4. The van der Waals surface area contributed by atoms with Gasteiger partial charge in [-0.3, -0.25) is 10.1 Å². The fourth-order valence-electron chi connectivity index (χ4n) is 2.90. The Morgan fingerprint density at radius 3 is 2.76 bits per heavy atom. The molecule has 1 N–H and O–H groups in total. The van der Waals surface area contributed by atoms with Gasteiger partial charge in [-0.2, -0.15) is 0 Å². The summed E-state index contributed by atoms with van der Waals surface area (Å²) in [6.45, 7) is 7.15. The van der Waals surface area contributed by atoms with Crippen molar-refractivity contribution < 1.29 is 9.66 Å². The Kier molecular flexibility index (Phi) is 4.88. The zero-order chi connectivity index (χ0) is 15.6. The SMILES string of the molecule is CCOC1CC(Nc2ccc([N+](=O)[O-])cc2Br)C1(C)CC. The van der Waals surface area contributed by atoms with E-state index in [0.717, 1.165) is 29.6 Å². The van der Waals surface area contributed by atoms with Gasteiger partial charge in [0.1, 0.15) is 0 Å². The maximum atomic E-state index is 10.8. The molecule has 0 aliphatic heterocycles. The van der Waals surface area contributed by atoms with Gasteiger partial charge in [0.2, 0.25) is 0 Å². The number of nitro benzene ring substituents is 1. The molecule has 1 fully saturated rings. The number of nitrogens with one attached hydrogen (secondary N) is 1. The summed E-state index contributed by atoms with van der Waals surface area (Å²) in [4.78, 5) is 10.4. The Balaban J connectivity index is 2.11. The van der Waals surface area contributed by atoms with Crippen molar-refractivity contribution >= 4 is 27.3 Å². The number of halogens is 1. The zero-order valence-electron chi connectivity index (χ0n) is 12.6. The van der Waals surface area contributed by atoms with Crippen molar-refractivity contribution in [3.63, 3.8) is 0 Å². The summed E-state index contributed by atoms with van der Waals surface area (Å²) < 4.78 is 6.51. The van der Waals surface area contributed by atoms with E-state index in [1.54, 1.807) is 6.07 Å². The molecule has 1 saturated carbocycles. The first-order valence-electron chi connectivity index (χ1n) is 7.24. The van der Waals surface area contributed by atoms with Crippen LogP contribution in [0.5, 0.6) is 0 Å². The van der Waals surface area contributed by atoms with Crippen LogP contribution < -0.4 is 5.32 Å². The van der Waals surface area contributed by atoms with E-state index in [4.69, 9.17) is 4.74 Å². The van der Waals surface area contributed by atoms with Crippen molar-refractivity contribution in [3.8, 4) is 0 Å². The van der Waals surface area contributed by atoms with Gasteiger partial charge in [-0.25, -0.2) is 0 Å². The minimum absolute atomic E-state index is 0.0893. The fraction of sp³-hybridized carbons (Fsp3) is 0.600. The Labute approximate surface area is 133 Å². The molecule has 1 aliphatic rings. The van der Waals surface area contributed by atoms with E-state index in [9.17, 15) is 10.1 Å². The Bertz CT molecular complexity index is 538. The quantitative estimate of drug-likeness (QED) is 0.607. The van der Waals surface area contributed by atoms with Gasteiger partial charge < -0.3 is 10.1 Å². The summed E-state index contributed by atoms with van der Waals surface area (Å²) in [5, 5.41) is 14.3. The molecule has 2 rings (SSSR count). The minimum Gasteiger partial charge on any atom is -0.381 e. The van der Waals surface area contributed by atoms with Crippen LogP contribution in [-0.2, 0) is 4.74 Å². The van der Waals surface area contributed by atoms with Crippen LogP contribution in [0.3, 0.4) is 0 Å². The smallest absolute Gasteiger partial charge is 0.270 e.